The van der Waals surface area contributed by atoms with E-state index in [1.54, 1.807) is 18.7 Å². The Balaban J connectivity index is 1.95. The van der Waals surface area contributed by atoms with Crippen LogP contribution in [0.4, 0.5) is 0 Å². The SMILES string of the molecule is Cc1cc(CSc2ccc(C(C)O)cc2)no1. The second kappa shape index (κ2) is 5.38. The molecule has 1 aromatic heterocycles. The molecule has 4 heteroatoms. The van der Waals surface area contributed by atoms with Crippen LogP contribution in [-0.4, -0.2) is 10.3 Å². The number of thioether (sulfide) groups is 1. The predicted octanol–water partition coefficient (Wildman–Crippen LogP) is 3.33. The molecule has 1 N–H and O–H groups in total. The molecular weight excluding hydrogens is 234 g/mol. The smallest absolute Gasteiger partial charge is 0.133 e. The maximum Gasteiger partial charge on any atom is 0.133 e. The van der Waals surface area contributed by atoms with Crippen molar-refractivity contribution in [2.45, 2.75) is 30.6 Å². The summed E-state index contributed by atoms with van der Waals surface area (Å²) in [5.41, 5.74) is 1.89. The fourth-order valence-corrected chi connectivity index (χ4v) is 2.26. The molecule has 1 atom stereocenters. The van der Waals surface area contributed by atoms with E-state index in [2.05, 4.69) is 5.16 Å². The molecule has 0 aliphatic carbocycles. The monoisotopic (exact) mass is 249 g/mol. The van der Waals surface area contributed by atoms with Crippen molar-refractivity contribution < 1.29 is 9.63 Å². The van der Waals surface area contributed by atoms with Gasteiger partial charge in [0.05, 0.1) is 11.8 Å². The van der Waals surface area contributed by atoms with Crippen molar-refractivity contribution in [3.63, 3.8) is 0 Å². The molecule has 0 fully saturated rings. The molecule has 0 bridgehead atoms. The van der Waals surface area contributed by atoms with E-state index in [-0.39, 0.29) is 0 Å². The summed E-state index contributed by atoms with van der Waals surface area (Å²) in [6, 6.07) is 9.86. The van der Waals surface area contributed by atoms with E-state index in [0.29, 0.717) is 0 Å². The van der Waals surface area contributed by atoms with Gasteiger partial charge in [-0.25, -0.2) is 0 Å². The Morgan fingerprint density at radius 3 is 2.59 bits per heavy atom. The molecule has 0 aliphatic heterocycles. The number of hydrogen-bond donors (Lipinski definition) is 1. The van der Waals surface area contributed by atoms with Crippen molar-refractivity contribution in [1.82, 2.24) is 5.16 Å². The van der Waals surface area contributed by atoms with Gasteiger partial charge in [0.15, 0.2) is 0 Å². The normalized spacial score (nSPS) is 12.6. The van der Waals surface area contributed by atoms with Gasteiger partial charge in [-0.1, -0.05) is 17.3 Å². The number of aryl methyl sites for hydroxylation is 1. The largest absolute Gasteiger partial charge is 0.389 e. The fourth-order valence-electron chi connectivity index (χ4n) is 1.49. The van der Waals surface area contributed by atoms with Crippen molar-refractivity contribution >= 4 is 11.8 Å². The molecule has 1 aromatic carbocycles. The van der Waals surface area contributed by atoms with Crippen LogP contribution in [0.2, 0.25) is 0 Å². The Hall–Kier alpha value is -1.26. The molecule has 1 unspecified atom stereocenters. The zero-order valence-corrected chi connectivity index (χ0v) is 10.7. The number of aliphatic hydroxyl groups is 1. The molecule has 2 aromatic rings. The lowest BCUT2D eigenvalue weighted by molar-refractivity contribution is 0.199. The van der Waals surface area contributed by atoms with Crippen molar-refractivity contribution in [2.75, 3.05) is 0 Å². The molecular formula is C13H15NO2S. The summed E-state index contributed by atoms with van der Waals surface area (Å²) in [6.07, 6.45) is -0.410. The number of aromatic nitrogens is 1. The van der Waals surface area contributed by atoms with E-state index < -0.39 is 6.10 Å². The molecule has 3 nitrogen and oxygen atoms in total. The predicted molar refractivity (Wildman–Crippen MR) is 67.9 cm³/mol. The van der Waals surface area contributed by atoms with Gasteiger partial charge < -0.3 is 9.63 Å². The highest BCUT2D eigenvalue weighted by atomic mass is 32.2. The highest BCUT2D eigenvalue weighted by molar-refractivity contribution is 7.98. The third kappa shape index (κ3) is 3.35. The number of benzene rings is 1. The van der Waals surface area contributed by atoms with E-state index in [0.717, 1.165) is 27.7 Å². The van der Waals surface area contributed by atoms with Gasteiger partial charge in [-0.3, -0.25) is 0 Å². The quantitative estimate of drug-likeness (QED) is 0.844. The molecule has 1 heterocycles. The Labute approximate surface area is 105 Å². The third-order valence-corrected chi connectivity index (χ3v) is 3.47. The fraction of sp³-hybridized carbons (Fsp3) is 0.308. The molecule has 0 saturated heterocycles. The van der Waals surface area contributed by atoms with Crippen molar-refractivity contribution in [2.24, 2.45) is 0 Å². The first kappa shape index (κ1) is 12.2. The molecule has 90 valence electrons. The zero-order chi connectivity index (χ0) is 12.3. The van der Waals surface area contributed by atoms with E-state index in [1.165, 1.54) is 0 Å². The second-order valence-electron chi connectivity index (χ2n) is 3.96. The van der Waals surface area contributed by atoms with Crippen molar-refractivity contribution in [3.05, 3.63) is 47.3 Å². The van der Waals surface area contributed by atoms with E-state index >= 15 is 0 Å². The van der Waals surface area contributed by atoms with Crippen molar-refractivity contribution in [3.8, 4) is 0 Å². The third-order valence-electron chi connectivity index (χ3n) is 2.43. The maximum atomic E-state index is 9.40. The lowest BCUT2D eigenvalue weighted by atomic mass is 10.1. The lowest BCUT2D eigenvalue weighted by Gasteiger charge is -2.05. The van der Waals surface area contributed by atoms with Gasteiger partial charge in [-0.2, -0.15) is 0 Å². The minimum atomic E-state index is -0.410. The van der Waals surface area contributed by atoms with Crippen LogP contribution in [0.25, 0.3) is 0 Å². The molecule has 0 radical (unpaired) electrons. The van der Waals surface area contributed by atoms with Crippen LogP contribution in [0.5, 0.6) is 0 Å². The Morgan fingerprint density at radius 2 is 2.06 bits per heavy atom. The standard InChI is InChI=1S/C13H15NO2S/c1-9-7-12(14-16-9)8-17-13-5-3-11(4-6-13)10(2)15/h3-7,10,15H,8H2,1-2H3. The van der Waals surface area contributed by atoms with Gasteiger partial charge in [0.1, 0.15) is 5.76 Å². The summed E-state index contributed by atoms with van der Waals surface area (Å²) < 4.78 is 5.01. The summed E-state index contributed by atoms with van der Waals surface area (Å²) >= 11 is 1.70. The van der Waals surface area contributed by atoms with Gasteiger partial charge in [0, 0.05) is 16.7 Å². The van der Waals surface area contributed by atoms with Gasteiger partial charge in [0.2, 0.25) is 0 Å². The highest BCUT2D eigenvalue weighted by Gasteiger charge is 2.03. The summed E-state index contributed by atoms with van der Waals surface area (Å²) in [7, 11) is 0. The average molecular weight is 249 g/mol. The van der Waals surface area contributed by atoms with E-state index in [1.807, 2.05) is 37.3 Å². The van der Waals surface area contributed by atoms with Crippen LogP contribution in [0.1, 0.15) is 30.0 Å². The van der Waals surface area contributed by atoms with Crippen molar-refractivity contribution in [1.29, 1.82) is 0 Å². The van der Waals surface area contributed by atoms with Crippen LogP contribution in [0.15, 0.2) is 39.8 Å². The first-order chi connectivity index (χ1) is 8.15. The number of hydrogen-bond acceptors (Lipinski definition) is 4. The van der Waals surface area contributed by atoms with Crippen LogP contribution in [0.3, 0.4) is 0 Å². The van der Waals surface area contributed by atoms with E-state index in [9.17, 15) is 5.11 Å². The Kier molecular flexibility index (Phi) is 3.86. The minimum Gasteiger partial charge on any atom is -0.389 e. The summed E-state index contributed by atoms with van der Waals surface area (Å²) in [5, 5.41) is 13.3. The molecule has 0 aliphatic rings. The van der Waals surface area contributed by atoms with E-state index in [4.69, 9.17) is 4.52 Å². The number of aliphatic hydroxyl groups excluding tert-OH is 1. The molecule has 0 saturated carbocycles. The summed E-state index contributed by atoms with van der Waals surface area (Å²) in [5.74, 6) is 1.64. The number of rotatable bonds is 4. The minimum absolute atomic E-state index is 0.410. The highest BCUT2D eigenvalue weighted by Crippen LogP contribution is 2.24. The summed E-state index contributed by atoms with van der Waals surface area (Å²) in [4.78, 5) is 1.16. The first-order valence-electron chi connectivity index (χ1n) is 5.48. The van der Waals surface area contributed by atoms with Gasteiger partial charge >= 0.3 is 0 Å². The topological polar surface area (TPSA) is 46.3 Å². The van der Waals surface area contributed by atoms with Gasteiger partial charge in [-0.15, -0.1) is 11.8 Å². The Morgan fingerprint density at radius 1 is 1.35 bits per heavy atom. The first-order valence-corrected chi connectivity index (χ1v) is 6.47. The lowest BCUT2D eigenvalue weighted by Crippen LogP contribution is -1.89. The Bertz CT molecular complexity index is 476. The van der Waals surface area contributed by atoms with Crippen LogP contribution >= 0.6 is 11.8 Å². The molecule has 2 rings (SSSR count). The van der Waals surface area contributed by atoms with Crippen LogP contribution in [0, 0.1) is 6.92 Å². The molecule has 17 heavy (non-hydrogen) atoms. The van der Waals surface area contributed by atoms with Gasteiger partial charge in [0.25, 0.3) is 0 Å². The zero-order valence-electron chi connectivity index (χ0n) is 9.88. The molecule has 0 spiro atoms. The number of nitrogens with zero attached hydrogens (tertiary/aromatic N) is 1. The summed E-state index contributed by atoms with van der Waals surface area (Å²) in [6.45, 7) is 3.65. The van der Waals surface area contributed by atoms with Crippen LogP contribution < -0.4 is 0 Å². The second-order valence-corrected chi connectivity index (χ2v) is 5.01. The maximum absolute atomic E-state index is 9.40. The average Bonchev–Trinajstić information content (AvgIpc) is 2.73. The van der Waals surface area contributed by atoms with Crippen LogP contribution in [-0.2, 0) is 5.75 Å². The molecule has 0 amide bonds. The van der Waals surface area contributed by atoms with Gasteiger partial charge in [-0.05, 0) is 31.5 Å².